The third-order valence-corrected chi connectivity index (χ3v) is 3.62. The van der Waals surface area contributed by atoms with Crippen LogP contribution in [0.15, 0.2) is 29.3 Å². The van der Waals surface area contributed by atoms with E-state index < -0.39 is 10.0 Å². The number of hydrogen-bond donors (Lipinski definition) is 1. The predicted molar refractivity (Wildman–Crippen MR) is 62.6 cm³/mol. The van der Waals surface area contributed by atoms with E-state index in [1.807, 2.05) is 13.8 Å². The molecule has 1 aromatic heterocycles. The van der Waals surface area contributed by atoms with Crippen LogP contribution in [0, 0.1) is 13.8 Å². The third-order valence-electron chi connectivity index (χ3n) is 2.67. The zero-order valence-electron chi connectivity index (χ0n) is 9.06. The van der Waals surface area contributed by atoms with Crippen LogP contribution in [-0.2, 0) is 10.0 Å². The van der Waals surface area contributed by atoms with Gasteiger partial charge in [0.2, 0.25) is 10.0 Å². The summed E-state index contributed by atoms with van der Waals surface area (Å²) in [6, 6.07) is 5.01. The monoisotopic (exact) mass is 236 g/mol. The Kier molecular flexibility index (Phi) is 2.44. The minimum absolute atomic E-state index is 0.138. The lowest BCUT2D eigenvalue weighted by Crippen LogP contribution is -2.13. The highest BCUT2D eigenvalue weighted by atomic mass is 32.2. The first kappa shape index (κ1) is 11.0. The Labute approximate surface area is 94.2 Å². The maximum Gasteiger partial charge on any atom is 0.238 e. The van der Waals surface area contributed by atoms with Gasteiger partial charge in [-0.15, -0.1) is 0 Å². The minimum Gasteiger partial charge on any atom is -0.256 e. The molecule has 1 heterocycles. The van der Waals surface area contributed by atoms with E-state index in [4.69, 9.17) is 5.14 Å². The molecule has 0 saturated heterocycles. The molecular formula is C11H12N2O2S. The molecule has 2 aromatic rings. The quantitative estimate of drug-likeness (QED) is 0.815. The first-order valence-electron chi connectivity index (χ1n) is 4.79. The van der Waals surface area contributed by atoms with Crippen molar-refractivity contribution in [2.24, 2.45) is 5.14 Å². The highest BCUT2D eigenvalue weighted by molar-refractivity contribution is 7.89. The Bertz CT molecular complexity index is 663. The Hall–Kier alpha value is -1.46. The number of aromatic nitrogens is 1. The summed E-state index contributed by atoms with van der Waals surface area (Å²) in [5.41, 5.74) is 2.53. The highest BCUT2D eigenvalue weighted by Crippen LogP contribution is 2.26. The molecule has 1 aromatic carbocycles. The molecule has 0 aliphatic heterocycles. The average molecular weight is 236 g/mol. The minimum atomic E-state index is -3.71. The van der Waals surface area contributed by atoms with Crippen molar-refractivity contribution in [2.45, 2.75) is 18.7 Å². The summed E-state index contributed by atoms with van der Waals surface area (Å²) in [4.78, 5) is 4.33. The van der Waals surface area contributed by atoms with E-state index in [-0.39, 0.29) is 4.90 Å². The SMILES string of the molecule is Cc1cc(S(N)(=O)=O)c2cccnc2c1C. The van der Waals surface area contributed by atoms with Gasteiger partial charge >= 0.3 is 0 Å². The second-order valence-electron chi connectivity index (χ2n) is 3.76. The molecule has 4 nitrogen and oxygen atoms in total. The van der Waals surface area contributed by atoms with Crippen molar-refractivity contribution in [1.29, 1.82) is 0 Å². The van der Waals surface area contributed by atoms with Crippen LogP contribution in [0.5, 0.6) is 0 Å². The van der Waals surface area contributed by atoms with Gasteiger partial charge in [0.25, 0.3) is 0 Å². The molecule has 0 fully saturated rings. The van der Waals surface area contributed by atoms with Crippen LogP contribution in [0.3, 0.4) is 0 Å². The lowest BCUT2D eigenvalue weighted by Gasteiger charge is -2.09. The van der Waals surface area contributed by atoms with Crippen molar-refractivity contribution in [3.63, 3.8) is 0 Å². The van der Waals surface area contributed by atoms with Crippen LogP contribution in [0.25, 0.3) is 10.9 Å². The molecule has 0 radical (unpaired) electrons. The van der Waals surface area contributed by atoms with Crippen molar-refractivity contribution in [1.82, 2.24) is 4.98 Å². The molecule has 0 aliphatic carbocycles. The fourth-order valence-corrected chi connectivity index (χ4v) is 2.52. The van der Waals surface area contributed by atoms with E-state index in [1.165, 1.54) is 0 Å². The number of hydrogen-bond acceptors (Lipinski definition) is 3. The molecule has 5 heteroatoms. The predicted octanol–water partition coefficient (Wildman–Crippen LogP) is 1.50. The fraction of sp³-hybridized carbons (Fsp3) is 0.182. The van der Waals surface area contributed by atoms with Crippen molar-refractivity contribution in [2.75, 3.05) is 0 Å². The molecule has 0 amide bonds. The molecule has 0 bridgehead atoms. The van der Waals surface area contributed by atoms with Gasteiger partial charge in [0.15, 0.2) is 0 Å². The van der Waals surface area contributed by atoms with E-state index in [1.54, 1.807) is 24.4 Å². The fourth-order valence-electron chi connectivity index (χ4n) is 1.71. The van der Waals surface area contributed by atoms with E-state index >= 15 is 0 Å². The molecule has 0 saturated carbocycles. The van der Waals surface area contributed by atoms with Crippen LogP contribution in [0.1, 0.15) is 11.1 Å². The van der Waals surface area contributed by atoms with Gasteiger partial charge in [-0.1, -0.05) is 0 Å². The Morgan fingerprint density at radius 1 is 1.31 bits per heavy atom. The molecular weight excluding hydrogens is 224 g/mol. The Morgan fingerprint density at radius 3 is 2.62 bits per heavy atom. The third kappa shape index (κ3) is 1.68. The van der Waals surface area contributed by atoms with Gasteiger partial charge in [0, 0.05) is 11.6 Å². The van der Waals surface area contributed by atoms with Crippen LogP contribution in [-0.4, -0.2) is 13.4 Å². The maximum absolute atomic E-state index is 11.5. The normalized spacial score (nSPS) is 11.9. The largest absolute Gasteiger partial charge is 0.256 e. The average Bonchev–Trinajstić information content (AvgIpc) is 2.22. The Morgan fingerprint density at radius 2 is 2.00 bits per heavy atom. The summed E-state index contributed by atoms with van der Waals surface area (Å²) in [5, 5.41) is 5.76. The van der Waals surface area contributed by atoms with Crippen LogP contribution in [0.2, 0.25) is 0 Å². The number of aryl methyl sites for hydroxylation is 2. The van der Waals surface area contributed by atoms with E-state index in [9.17, 15) is 8.42 Å². The second-order valence-corrected chi connectivity index (χ2v) is 5.29. The van der Waals surface area contributed by atoms with Gasteiger partial charge in [-0.2, -0.15) is 0 Å². The number of nitrogens with zero attached hydrogens (tertiary/aromatic N) is 1. The molecule has 84 valence electrons. The van der Waals surface area contributed by atoms with E-state index in [0.29, 0.717) is 10.9 Å². The smallest absolute Gasteiger partial charge is 0.238 e. The van der Waals surface area contributed by atoms with Crippen LogP contribution < -0.4 is 5.14 Å². The molecule has 16 heavy (non-hydrogen) atoms. The number of nitrogens with two attached hydrogens (primary N) is 1. The summed E-state index contributed by atoms with van der Waals surface area (Å²) in [7, 11) is -3.71. The van der Waals surface area contributed by atoms with Gasteiger partial charge in [0.1, 0.15) is 0 Å². The summed E-state index contributed by atoms with van der Waals surface area (Å²) in [5.74, 6) is 0. The number of benzene rings is 1. The van der Waals surface area contributed by atoms with E-state index in [2.05, 4.69) is 4.98 Å². The molecule has 2 rings (SSSR count). The number of pyridine rings is 1. The van der Waals surface area contributed by atoms with Gasteiger partial charge in [-0.05, 0) is 43.2 Å². The van der Waals surface area contributed by atoms with E-state index in [0.717, 1.165) is 11.1 Å². The molecule has 0 spiro atoms. The maximum atomic E-state index is 11.5. The number of sulfonamides is 1. The van der Waals surface area contributed by atoms with Crippen molar-refractivity contribution in [3.05, 3.63) is 35.5 Å². The second kappa shape index (κ2) is 3.54. The van der Waals surface area contributed by atoms with Crippen LogP contribution in [0.4, 0.5) is 0 Å². The summed E-state index contributed by atoms with van der Waals surface area (Å²) >= 11 is 0. The first-order chi connectivity index (χ1) is 7.41. The number of rotatable bonds is 1. The van der Waals surface area contributed by atoms with Crippen molar-refractivity contribution < 1.29 is 8.42 Å². The highest BCUT2D eigenvalue weighted by Gasteiger charge is 2.15. The number of primary sulfonamides is 1. The lowest BCUT2D eigenvalue weighted by molar-refractivity contribution is 0.598. The molecule has 0 atom stereocenters. The zero-order chi connectivity index (χ0) is 11.9. The van der Waals surface area contributed by atoms with Gasteiger partial charge in [0.05, 0.1) is 10.4 Å². The van der Waals surface area contributed by atoms with Crippen molar-refractivity contribution in [3.8, 4) is 0 Å². The van der Waals surface area contributed by atoms with Gasteiger partial charge < -0.3 is 0 Å². The summed E-state index contributed by atoms with van der Waals surface area (Å²) in [6.07, 6.45) is 1.64. The molecule has 2 N–H and O–H groups in total. The zero-order valence-corrected chi connectivity index (χ0v) is 9.88. The lowest BCUT2D eigenvalue weighted by atomic mass is 10.1. The molecule has 0 unspecified atom stereocenters. The van der Waals surface area contributed by atoms with Gasteiger partial charge in [-0.25, -0.2) is 13.6 Å². The molecule has 0 aliphatic rings. The Balaban J connectivity index is 3.02. The van der Waals surface area contributed by atoms with Gasteiger partial charge in [-0.3, -0.25) is 4.98 Å². The standard InChI is InChI=1S/C11H12N2O2S/c1-7-6-10(16(12,14)15)9-4-3-5-13-11(9)8(7)2/h3-6H,1-2H3,(H2,12,14,15). The number of fused-ring (bicyclic) bond motifs is 1. The first-order valence-corrected chi connectivity index (χ1v) is 6.33. The van der Waals surface area contributed by atoms with Crippen molar-refractivity contribution >= 4 is 20.9 Å². The van der Waals surface area contributed by atoms with Crippen LogP contribution >= 0.6 is 0 Å². The topological polar surface area (TPSA) is 73.1 Å². The summed E-state index contributed by atoms with van der Waals surface area (Å²) in [6.45, 7) is 3.76. The summed E-state index contributed by atoms with van der Waals surface area (Å²) < 4.78 is 22.9.